The number of aromatic nitrogens is 1. The summed E-state index contributed by atoms with van der Waals surface area (Å²) < 4.78 is 0. The topological polar surface area (TPSA) is 38.9 Å². The molecule has 0 atom stereocenters. The van der Waals surface area contributed by atoms with Crippen molar-refractivity contribution in [2.45, 2.75) is 19.8 Å². The molecule has 0 aliphatic heterocycles. The third-order valence-corrected chi connectivity index (χ3v) is 1.75. The Labute approximate surface area is 72.8 Å². The predicted molar refractivity (Wildman–Crippen MR) is 50.7 cm³/mol. The van der Waals surface area contributed by atoms with Crippen LogP contribution < -0.4 is 5.73 Å². The van der Waals surface area contributed by atoms with Gasteiger partial charge in [0, 0.05) is 17.3 Å². The molecule has 2 N–H and O–H groups in total. The number of nitrogens with two attached hydrogens (primary N) is 1. The first-order valence-corrected chi connectivity index (χ1v) is 3.87. The highest BCUT2D eigenvalue weighted by Gasteiger charge is 2.08. The maximum Gasteiger partial charge on any atom is 0.128 e. The summed E-state index contributed by atoms with van der Waals surface area (Å²) in [6, 6.07) is 1.81. The van der Waals surface area contributed by atoms with E-state index in [1.807, 2.05) is 19.9 Å². The summed E-state index contributed by atoms with van der Waals surface area (Å²) in [5.74, 6) is 3.46. The van der Waals surface area contributed by atoms with Crippen LogP contribution in [0, 0.1) is 12.3 Å². The Morgan fingerprint density at radius 2 is 2.25 bits per heavy atom. The quantitative estimate of drug-likeness (QED) is 0.636. The standard InChI is InChI=1S/C10H12N2/c1-4-8-5-6-12-10(11)9(8)7(2)3/h1,5-7H,2-3H3,(H2,11,12). The Morgan fingerprint density at radius 1 is 1.58 bits per heavy atom. The van der Waals surface area contributed by atoms with Gasteiger partial charge in [-0.2, -0.15) is 0 Å². The zero-order valence-electron chi connectivity index (χ0n) is 7.33. The van der Waals surface area contributed by atoms with Gasteiger partial charge in [-0.15, -0.1) is 6.42 Å². The fourth-order valence-corrected chi connectivity index (χ4v) is 1.22. The summed E-state index contributed by atoms with van der Waals surface area (Å²) >= 11 is 0. The molecule has 2 heteroatoms. The Bertz CT molecular complexity index is 321. The molecule has 0 bridgehead atoms. The van der Waals surface area contributed by atoms with E-state index in [-0.39, 0.29) is 0 Å². The molecule has 1 aromatic rings. The normalized spacial score (nSPS) is 9.83. The zero-order chi connectivity index (χ0) is 9.14. The predicted octanol–water partition coefficient (Wildman–Crippen LogP) is 1.77. The second-order valence-corrected chi connectivity index (χ2v) is 2.96. The van der Waals surface area contributed by atoms with Gasteiger partial charge in [-0.3, -0.25) is 0 Å². The number of hydrogen-bond acceptors (Lipinski definition) is 2. The van der Waals surface area contributed by atoms with Gasteiger partial charge in [-0.1, -0.05) is 19.8 Å². The van der Waals surface area contributed by atoms with Crippen LogP contribution in [-0.4, -0.2) is 4.98 Å². The SMILES string of the molecule is C#Cc1ccnc(N)c1C(C)C. The molecule has 1 heterocycles. The lowest BCUT2D eigenvalue weighted by Crippen LogP contribution is -2.01. The van der Waals surface area contributed by atoms with Crippen LogP contribution in [0.1, 0.15) is 30.9 Å². The van der Waals surface area contributed by atoms with Gasteiger partial charge in [-0.05, 0) is 12.0 Å². The molecule has 0 saturated heterocycles. The smallest absolute Gasteiger partial charge is 0.128 e. The van der Waals surface area contributed by atoms with Gasteiger partial charge >= 0.3 is 0 Å². The minimum absolute atomic E-state index is 0.324. The molecule has 12 heavy (non-hydrogen) atoms. The molecule has 0 aliphatic rings. The summed E-state index contributed by atoms with van der Waals surface area (Å²) in [5.41, 5.74) is 7.51. The minimum atomic E-state index is 0.324. The van der Waals surface area contributed by atoms with Crippen LogP contribution in [-0.2, 0) is 0 Å². The molecule has 62 valence electrons. The highest BCUT2D eigenvalue weighted by molar-refractivity contribution is 5.52. The molecule has 2 nitrogen and oxygen atoms in total. The molecule has 0 amide bonds. The average Bonchev–Trinajstić information content (AvgIpc) is 2.03. The maximum absolute atomic E-state index is 5.69. The molecule has 0 radical (unpaired) electrons. The van der Waals surface area contributed by atoms with Crippen molar-refractivity contribution in [3.05, 3.63) is 23.4 Å². The van der Waals surface area contributed by atoms with Crippen LogP contribution in [0.15, 0.2) is 12.3 Å². The van der Waals surface area contributed by atoms with E-state index >= 15 is 0 Å². The summed E-state index contributed by atoms with van der Waals surface area (Å²) in [6.45, 7) is 4.10. The average molecular weight is 160 g/mol. The molecule has 0 spiro atoms. The Hall–Kier alpha value is -1.49. The second-order valence-electron chi connectivity index (χ2n) is 2.96. The molecule has 0 aliphatic carbocycles. The largest absolute Gasteiger partial charge is 0.383 e. The molecular weight excluding hydrogens is 148 g/mol. The van der Waals surface area contributed by atoms with Gasteiger partial charge in [-0.25, -0.2) is 4.98 Å². The van der Waals surface area contributed by atoms with Gasteiger partial charge in [0.15, 0.2) is 0 Å². The lowest BCUT2D eigenvalue weighted by atomic mass is 9.99. The Morgan fingerprint density at radius 3 is 2.67 bits per heavy atom. The molecule has 0 fully saturated rings. The number of rotatable bonds is 1. The zero-order valence-corrected chi connectivity index (χ0v) is 7.33. The van der Waals surface area contributed by atoms with Crippen molar-refractivity contribution in [2.75, 3.05) is 5.73 Å². The molecule has 1 aromatic heterocycles. The minimum Gasteiger partial charge on any atom is -0.383 e. The lowest BCUT2D eigenvalue weighted by Gasteiger charge is -2.09. The number of terminal acetylenes is 1. The monoisotopic (exact) mass is 160 g/mol. The second kappa shape index (κ2) is 3.27. The van der Waals surface area contributed by atoms with Crippen LogP contribution in [0.25, 0.3) is 0 Å². The van der Waals surface area contributed by atoms with Gasteiger partial charge in [0.25, 0.3) is 0 Å². The Kier molecular flexibility index (Phi) is 2.35. The fourth-order valence-electron chi connectivity index (χ4n) is 1.22. The van der Waals surface area contributed by atoms with Gasteiger partial charge in [0.1, 0.15) is 5.82 Å². The first kappa shape index (κ1) is 8.61. The first-order valence-electron chi connectivity index (χ1n) is 3.87. The third-order valence-electron chi connectivity index (χ3n) is 1.75. The van der Waals surface area contributed by atoms with E-state index in [0.717, 1.165) is 11.1 Å². The van der Waals surface area contributed by atoms with Crippen LogP contribution >= 0.6 is 0 Å². The molecule has 0 saturated carbocycles. The van der Waals surface area contributed by atoms with Gasteiger partial charge in [0.2, 0.25) is 0 Å². The molecule has 0 aromatic carbocycles. The van der Waals surface area contributed by atoms with Crippen molar-refractivity contribution in [1.29, 1.82) is 0 Å². The van der Waals surface area contributed by atoms with E-state index in [0.29, 0.717) is 11.7 Å². The van der Waals surface area contributed by atoms with Crippen LogP contribution in [0.4, 0.5) is 5.82 Å². The number of nitrogen functional groups attached to an aromatic ring is 1. The number of anilines is 1. The van der Waals surface area contributed by atoms with Gasteiger partial charge in [0.05, 0.1) is 0 Å². The molecule has 1 rings (SSSR count). The van der Waals surface area contributed by atoms with Crippen molar-refractivity contribution in [2.24, 2.45) is 0 Å². The molecular formula is C10H12N2. The number of pyridine rings is 1. The van der Waals surface area contributed by atoms with Crippen molar-refractivity contribution in [3.8, 4) is 12.3 Å². The summed E-state index contributed by atoms with van der Waals surface area (Å²) in [5, 5.41) is 0. The van der Waals surface area contributed by atoms with E-state index in [9.17, 15) is 0 Å². The fraction of sp³-hybridized carbons (Fsp3) is 0.300. The van der Waals surface area contributed by atoms with Crippen LogP contribution in [0.3, 0.4) is 0 Å². The van der Waals surface area contributed by atoms with Crippen molar-refractivity contribution in [3.63, 3.8) is 0 Å². The van der Waals surface area contributed by atoms with Crippen molar-refractivity contribution < 1.29 is 0 Å². The first-order chi connectivity index (χ1) is 5.66. The van der Waals surface area contributed by atoms with Crippen molar-refractivity contribution in [1.82, 2.24) is 4.98 Å². The summed E-state index contributed by atoms with van der Waals surface area (Å²) in [7, 11) is 0. The molecule has 0 unspecified atom stereocenters. The summed E-state index contributed by atoms with van der Waals surface area (Å²) in [6.07, 6.45) is 6.96. The highest BCUT2D eigenvalue weighted by atomic mass is 14.8. The lowest BCUT2D eigenvalue weighted by molar-refractivity contribution is 0.859. The number of nitrogens with zero attached hydrogens (tertiary/aromatic N) is 1. The number of hydrogen-bond donors (Lipinski definition) is 1. The van der Waals surface area contributed by atoms with E-state index in [4.69, 9.17) is 12.2 Å². The maximum atomic E-state index is 5.69. The van der Waals surface area contributed by atoms with E-state index in [1.165, 1.54) is 0 Å². The van der Waals surface area contributed by atoms with Gasteiger partial charge < -0.3 is 5.73 Å². The van der Waals surface area contributed by atoms with E-state index in [1.54, 1.807) is 6.20 Å². The Balaban J connectivity index is 3.32. The van der Waals surface area contributed by atoms with E-state index < -0.39 is 0 Å². The summed E-state index contributed by atoms with van der Waals surface area (Å²) in [4.78, 5) is 3.99. The van der Waals surface area contributed by atoms with Crippen molar-refractivity contribution >= 4 is 5.82 Å². The highest BCUT2D eigenvalue weighted by Crippen LogP contribution is 2.22. The van der Waals surface area contributed by atoms with Crippen LogP contribution in [0.2, 0.25) is 0 Å². The van der Waals surface area contributed by atoms with E-state index in [2.05, 4.69) is 10.9 Å². The van der Waals surface area contributed by atoms with Crippen LogP contribution in [0.5, 0.6) is 0 Å². The third kappa shape index (κ3) is 1.40.